The summed E-state index contributed by atoms with van der Waals surface area (Å²) in [6.07, 6.45) is 3.84. The fourth-order valence-corrected chi connectivity index (χ4v) is 3.06. The molecule has 0 radical (unpaired) electrons. The number of para-hydroxylation sites is 2. The van der Waals surface area contributed by atoms with E-state index in [1.165, 1.54) is 5.06 Å². The lowest BCUT2D eigenvalue weighted by Crippen LogP contribution is -2.28. The minimum Gasteiger partial charge on any atom is -0.382 e. The molecule has 1 aliphatic heterocycles. The summed E-state index contributed by atoms with van der Waals surface area (Å²) in [5, 5.41) is 2.44. The molecule has 2 aromatic carbocycles. The van der Waals surface area contributed by atoms with E-state index >= 15 is 0 Å². The Morgan fingerprint density at radius 1 is 1.08 bits per heavy atom. The highest BCUT2D eigenvalue weighted by molar-refractivity contribution is 6.35. The first-order valence-electron chi connectivity index (χ1n) is 8.13. The number of benzene rings is 2. The maximum absolute atomic E-state index is 12.9. The fraction of sp³-hybridized carbons (Fsp3) is 0.150. The Morgan fingerprint density at radius 2 is 1.88 bits per heavy atom. The van der Waals surface area contributed by atoms with Crippen molar-refractivity contribution < 1.29 is 14.4 Å². The predicted molar refractivity (Wildman–Crippen MR) is 97.9 cm³/mol. The minimum atomic E-state index is -0.164. The molecule has 5 nitrogen and oxygen atoms in total. The first kappa shape index (κ1) is 15.6. The molecule has 1 N–H and O–H groups in total. The molecule has 126 valence electrons. The van der Waals surface area contributed by atoms with E-state index in [1.807, 2.05) is 60.8 Å². The molecule has 0 atom stereocenters. The van der Waals surface area contributed by atoms with Gasteiger partial charge in [0.1, 0.15) is 0 Å². The lowest BCUT2D eigenvalue weighted by atomic mass is 10.0. The predicted octanol–water partition coefficient (Wildman–Crippen LogP) is 3.63. The van der Waals surface area contributed by atoms with E-state index in [4.69, 9.17) is 9.57 Å². The van der Waals surface area contributed by atoms with Gasteiger partial charge < -0.3 is 9.72 Å². The van der Waals surface area contributed by atoms with E-state index in [0.29, 0.717) is 18.8 Å². The Bertz CT molecular complexity index is 958. The quantitative estimate of drug-likeness (QED) is 0.572. The van der Waals surface area contributed by atoms with Crippen molar-refractivity contribution in [2.45, 2.75) is 0 Å². The van der Waals surface area contributed by atoms with Gasteiger partial charge >= 0.3 is 0 Å². The number of methoxy groups -OCH3 is 1. The SMILES string of the molecule is COCCON1C(=O)/C(=C\c2c[nH]c3ccccc23)c2ccccc21. The highest BCUT2D eigenvalue weighted by atomic mass is 16.7. The molecule has 1 amide bonds. The molecule has 0 saturated heterocycles. The summed E-state index contributed by atoms with van der Waals surface area (Å²) in [6, 6.07) is 15.7. The molecule has 0 aliphatic carbocycles. The number of hydroxylamine groups is 1. The van der Waals surface area contributed by atoms with Crippen molar-refractivity contribution in [2.24, 2.45) is 0 Å². The van der Waals surface area contributed by atoms with Crippen molar-refractivity contribution in [3.8, 4) is 0 Å². The number of aromatic amines is 1. The van der Waals surface area contributed by atoms with Crippen LogP contribution in [0.25, 0.3) is 22.6 Å². The highest BCUT2D eigenvalue weighted by Gasteiger charge is 2.33. The Morgan fingerprint density at radius 3 is 2.76 bits per heavy atom. The molecule has 1 aliphatic rings. The third kappa shape index (κ3) is 2.73. The smallest absolute Gasteiger partial charge is 0.282 e. The topological polar surface area (TPSA) is 54.6 Å². The van der Waals surface area contributed by atoms with Crippen LogP contribution in [0.1, 0.15) is 11.1 Å². The van der Waals surface area contributed by atoms with Gasteiger partial charge in [0.15, 0.2) is 0 Å². The van der Waals surface area contributed by atoms with Crippen LogP contribution in [0.4, 0.5) is 5.69 Å². The molecule has 0 fully saturated rings. The summed E-state index contributed by atoms with van der Waals surface area (Å²) in [4.78, 5) is 21.8. The molecular formula is C20H18N2O3. The maximum atomic E-state index is 12.9. The third-order valence-electron chi connectivity index (χ3n) is 4.26. The molecule has 1 aromatic heterocycles. The van der Waals surface area contributed by atoms with E-state index in [2.05, 4.69) is 4.98 Å². The van der Waals surface area contributed by atoms with Gasteiger partial charge in [-0.25, -0.2) is 0 Å². The van der Waals surface area contributed by atoms with Crippen molar-refractivity contribution in [2.75, 3.05) is 25.4 Å². The Balaban J connectivity index is 1.75. The van der Waals surface area contributed by atoms with Crippen LogP contribution in [-0.2, 0) is 14.4 Å². The van der Waals surface area contributed by atoms with Crippen LogP contribution in [0.2, 0.25) is 0 Å². The summed E-state index contributed by atoms with van der Waals surface area (Å²) in [5.74, 6) is -0.164. The lowest BCUT2D eigenvalue weighted by Gasteiger charge is -2.15. The zero-order valence-electron chi connectivity index (χ0n) is 13.9. The van der Waals surface area contributed by atoms with Crippen LogP contribution in [-0.4, -0.2) is 31.2 Å². The Labute approximate surface area is 145 Å². The molecule has 0 bridgehead atoms. The first-order valence-corrected chi connectivity index (χ1v) is 8.13. The lowest BCUT2D eigenvalue weighted by molar-refractivity contribution is -0.120. The molecule has 0 saturated carbocycles. The molecule has 0 spiro atoms. The number of H-pyrrole nitrogens is 1. The number of aromatic nitrogens is 1. The van der Waals surface area contributed by atoms with Gasteiger partial charge in [-0.3, -0.25) is 9.63 Å². The maximum Gasteiger partial charge on any atom is 0.282 e. The number of amides is 1. The van der Waals surface area contributed by atoms with Gasteiger partial charge in [0.05, 0.1) is 24.5 Å². The third-order valence-corrected chi connectivity index (χ3v) is 4.26. The number of carbonyl (C=O) groups is 1. The molecule has 3 aromatic rings. The van der Waals surface area contributed by atoms with Crippen molar-refractivity contribution in [3.05, 3.63) is 65.9 Å². The number of rotatable bonds is 5. The Hall–Kier alpha value is -2.89. The van der Waals surface area contributed by atoms with Crippen molar-refractivity contribution in [1.29, 1.82) is 0 Å². The highest BCUT2D eigenvalue weighted by Crippen LogP contribution is 2.38. The summed E-state index contributed by atoms with van der Waals surface area (Å²) in [6.45, 7) is 0.740. The van der Waals surface area contributed by atoms with Gasteiger partial charge in [-0.2, -0.15) is 5.06 Å². The normalized spacial score (nSPS) is 15.3. The zero-order chi connectivity index (χ0) is 17.2. The van der Waals surface area contributed by atoms with Gasteiger partial charge in [-0.15, -0.1) is 0 Å². The van der Waals surface area contributed by atoms with E-state index in [1.54, 1.807) is 7.11 Å². The van der Waals surface area contributed by atoms with E-state index in [-0.39, 0.29) is 5.91 Å². The van der Waals surface area contributed by atoms with Crippen LogP contribution < -0.4 is 5.06 Å². The largest absolute Gasteiger partial charge is 0.382 e. The zero-order valence-corrected chi connectivity index (χ0v) is 13.9. The number of fused-ring (bicyclic) bond motifs is 2. The monoisotopic (exact) mass is 334 g/mol. The summed E-state index contributed by atoms with van der Waals surface area (Å²) < 4.78 is 5.00. The van der Waals surface area contributed by atoms with E-state index < -0.39 is 0 Å². The number of nitrogens with zero attached hydrogens (tertiary/aromatic N) is 1. The minimum absolute atomic E-state index is 0.164. The van der Waals surface area contributed by atoms with E-state index in [9.17, 15) is 4.79 Å². The van der Waals surface area contributed by atoms with Crippen molar-refractivity contribution in [1.82, 2.24) is 4.98 Å². The standard InChI is InChI=1S/C20H18N2O3/c1-24-10-11-25-22-19-9-5-3-7-16(19)17(20(22)23)12-14-13-21-18-8-4-2-6-15(14)18/h2-9,12-13,21H,10-11H2,1H3/b17-12-. The van der Waals surface area contributed by atoms with Gasteiger partial charge in [-0.1, -0.05) is 36.4 Å². The van der Waals surface area contributed by atoms with Crippen molar-refractivity contribution >= 4 is 34.1 Å². The van der Waals surface area contributed by atoms with Gasteiger partial charge in [-0.05, 0) is 18.2 Å². The van der Waals surface area contributed by atoms with Gasteiger partial charge in [0.25, 0.3) is 5.91 Å². The molecule has 4 rings (SSSR count). The van der Waals surface area contributed by atoms with Crippen LogP contribution in [0, 0.1) is 0 Å². The number of anilines is 1. The average molecular weight is 334 g/mol. The summed E-state index contributed by atoms with van der Waals surface area (Å²) in [5.41, 5.74) is 4.27. The van der Waals surface area contributed by atoms with E-state index in [0.717, 1.165) is 27.7 Å². The molecule has 2 heterocycles. The van der Waals surface area contributed by atoms with Gasteiger partial charge in [0, 0.05) is 35.3 Å². The fourth-order valence-electron chi connectivity index (χ4n) is 3.06. The number of hydrogen-bond acceptors (Lipinski definition) is 3. The second kappa shape index (κ2) is 6.55. The second-order valence-electron chi connectivity index (χ2n) is 5.79. The Kier molecular flexibility index (Phi) is 4.09. The molecule has 25 heavy (non-hydrogen) atoms. The summed E-state index contributed by atoms with van der Waals surface area (Å²) in [7, 11) is 1.60. The first-order chi connectivity index (χ1) is 12.3. The van der Waals surface area contributed by atoms with Crippen LogP contribution in [0.5, 0.6) is 0 Å². The number of ether oxygens (including phenoxy) is 1. The number of hydrogen-bond donors (Lipinski definition) is 1. The molecule has 5 heteroatoms. The van der Waals surface area contributed by atoms with Crippen molar-refractivity contribution in [3.63, 3.8) is 0 Å². The molecule has 0 unspecified atom stereocenters. The number of carbonyl (C=O) groups excluding carboxylic acids is 1. The second-order valence-corrected chi connectivity index (χ2v) is 5.79. The average Bonchev–Trinajstić information content (AvgIpc) is 3.17. The van der Waals surface area contributed by atoms with Gasteiger partial charge in [0.2, 0.25) is 0 Å². The van der Waals surface area contributed by atoms with Crippen LogP contribution >= 0.6 is 0 Å². The number of nitrogens with one attached hydrogen (secondary N) is 1. The summed E-state index contributed by atoms with van der Waals surface area (Å²) >= 11 is 0. The van der Waals surface area contributed by atoms with Crippen LogP contribution in [0.15, 0.2) is 54.7 Å². The molecular weight excluding hydrogens is 316 g/mol. The van der Waals surface area contributed by atoms with Crippen LogP contribution in [0.3, 0.4) is 0 Å².